The van der Waals surface area contributed by atoms with Crippen molar-refractivity contribution < 1.29 is 29.1 Å². The first-order valence-electron chi connectivity index (χ1n) is 10.0. The normalized spacial score (nSPS) is 11.9. The fraction of sp³-hybridized carbons (Fsp3) is 0.318. The van der Waals surface area contributed by atoms with E-state index >= 15 is 0 Å². The third-order valence-corrected chi connectivity index (χ3v) is 5.02. The van der Waals surface area contributed by atoms with E-state index in [-0.39, 0.29) is 12.3 Å². The molecule has 2 heterocycles. The maximum atomic E-state index is 12.2. The summed E-state index contributed by atoms with van der Waals surface area (Å²) in [6.45, 7) is 3.16. The standard InChI is InChI=1S/C22H25N3O7/c1-12-8-21(29)31-18-11-17(23)14(9-16(12)18)4-3-5-15(24-13(2)26)10-22(30)32-25-19(27)6-7-20(25)28/h6-9,11,15,27-28H,3-5,10,23H2,1-2H3,(H,24,26). The number of hydrogen-bond donors (Lipinski definition) is 4. The Morgan fingerprint density at radius 1 is 1.22 bits per heavy atom. The average molecular weight is 443 g/mol. The molecular formula is C22H25N3O7. The average Bonchev–Trinajstić information content (AvgIpc) is 3.00. The number of amides is 1. The minimum absolute atomic E-state index is 0.159. The molecule has 0 saturated carbocycles. The van der Waals surface area contributed by atoms with E-state index < -0.39 is 29.4 Å². The molecule has 1 unspecified atom stereocenters. The number of rotatable bonds is 8. The van der Waals surface area contributed by atoms with Crippen LogP contribution < -0.4 is 21.5 Å². The van der Waals surface area contributed by atoms with E-state index in [0.29, 0.717) is 35.3 Å². The van der Waals surface area contributed by atoms with Crippen molar-refractivity contribution in [3.05, 3.63) is 51.9 Å². The van der Waals surface area contributed by atoms with Crippen molar-refractivity contribution in [2.24, 2.45) is 0 Å². The van der Waals surface area contributed by atoms with Crippen molar-refractivity contribution in [1.29, 1.82) is 0 Å². The number of nitrogens with zero attached hydrogens (tertiary/aromatic N) is 1. The van der Waals surface area contributed by atoms with Crippen LogP contribution in [0.25, 0.3) is 11.0 Å². The summed E-state index contributed by atoms with van der Waals surface area (Å²) in [6, 6.07) is 6.76. The number of nitrogen functional groups attached to an aromatic ring is 1. The Kier molecular flexibility index (Phi) is 6.72. The van der Waals surface area contributed by atoms with Crippen LogP contribution in [0, 0.1) is 6.92 Å². The van der Waals surface area contributed by atoms with Crippen molar-refractivity contribution >= 4 is 28.5 Å². The third-order valence-electron chi connectivity index (χ3n) is 5.02. The lowest BCUT2D eigenvalue weighted by Crippen LogP contribution is -2.37. The highest BCUT2D eigenvalue weighted by Crippen LogP contribution is 2.25. The van der Waals surface area contributed by atoms with E-state index in [1.54, 1.807) is 6.07 Å². The third kappa shape index (κ3) is 5.39. The minimum atomic E-state index is -0.735. The van der Waals surface area contributed by atoms with Crippen molar-refractivity contribution in [3.8, 4) is 11.8 Å². The molecule has 0 bridgehead atoms. The van der Waals surface area contributed by atoms with Crippen LogP contribution in [-0.2, 0) is 16.0 Å². The van der Waals surface area contributed by atoms with Crippen LogP contribution in [-0.4, -0.2) is 32.9 Å². The number of aromatic nitrogens is 1. The Bertz CT molecular complexity index is 1190. The zero-order valence-electron chi connectivity index (χ0n) is 17.8. The first-order valence-corrected chi connectivity index (χ1v) is 10.0. The number of aryl methyl sites for hydroxylation is 2. The van der Waals surface area contributed by atoms with Gasteiger partial charge in [-0.1, -0.05) is 0 Å². The number of carbonyl (C=O) groups excluding carboxylic acids is 2. The second kappa shape index (κ2) is 9.46. The highest BCUT2D eigenvalue weighted by Gasteiger charge is 2.19. The number of anilines is 1. The van der Waals surface area contributed by atoms with Crippen LogP contribution in [0.3, 0.4) is 0 Å². The molecule has 0 aliphatic carbocycles. The van der Waals surface area contributed by atoms with Gasteiger partial charge in [0.25, 0.3) is 0 Å². The lowest BCUT2D eigenvalue weighted by molar-refractivity contribution is -0.146. The minimum Gasteiger partial charge on any atom is -0.492 e. The predicted molar refractivity (Wildman–Crippen MR) is 116 cm³/mol. The van der Waals surface area contributed by atoms with E-state index in [2.05, 4.69) is 5.32 Å². The van der Waals surface area contributed by atoms with E-state index in [1.807, 2.05) is 13.0 Å². The number of benzene rings is 1. The first kappa shape index (κ1) is 22.7. The molecule has 170 valence electrons. The lowest BCUT2D eigenvalue weighted by atomic mass is 9.99. The van der Waals surface area contributed by atoms with Crippen molar-refractivity contribution in [2.75, 3.05) is 5.73 Å². The lowest BCUT2D eigenvalue weighted by Gasteiger charge is -2.17. The van der Waals surface area contributed by atoms with Gasteiger partial charge in [-0.3, -0.25) is 4.79 Å². The largest absolute Gasteiger partial charge is 0.492 e. The van der Waals surface area contributed by atoms with Gasteiger partial charge in [-0.25, -0.2) is 9.59 Å². The van der Waals surface area contributed by atoms with Gasteiger partial charge in [0, 0.05) is 48.3 Å². The summed E-state index contributed by atoms with van der Waals surface area (Å²) in [4.78, 5) is 40.3. The van der Waals surface area contributed by atoms with Crippen LogP contribution in [0.15, 0.2) is 39.5 Å². The summed E-state index contributed by atoms with van der Waals surface area (Å²) in [6.07, 6.45) is 1.47. The SMILES string of the molecule is CC(=O)NC(CCCc1cc2c(C)cc(=O)oc2cc1N)CC(=O)On1c(O)ccc1O. The number of fused-ring (bicyclic) bond motifs is 1. The van der Waals surface area contributed by atoms with Crippen LogP contribution in [0.4, 0.5) is 5.69 Å². The van der Waals surface area contributed by atoms with Crippen molar-refractivity contribution in [2.45, 2.75) is 45.6 Å². The molecule has 10 nitrogen and oxygen atoms in total. The quantitative estimate of drug-likeness (QED) is 0.303. The second-order valence-electron chi connectivity index (χ2n) is 7.60. The van der Waals surface area contributed by atoms with Gasteiger partial charge in [0.2, 0.25) is 17.7 Å². The van der Waals surface area contributed by atoms with Gasteiger partial charge in [-0.15, -0.1) is 4.73 Å². The Morgan fingerprint density at radius 3 is 2.56 bits per heavy atom. The molecule has 0 aliphatic heterocycles. The Labute approximate surface area is 183 Å². The summed E-state index contributed by atoms with van der Waals surface area (Å²) >= 11 is 0. The molecule has 5 N–H and O–H groups in total. The van der Waals surface area contributed by atoms with Gasteiger partial charge in [-0.05, 0) is 43.4 Å². The van der Waals surface area contributed by atoms with E-state index in [1.165, 1.54) is 25.1 Å². The molecule has 1 aromatic carbocycles. The van der Waals surface area contributed by atoms with E-state index in [9.17, 15) is 24.6 Å². The summed E-state index contributed by atoms with van der Waals surface area (Å²) in [7, 11) is 0. The predicted octanol–water partition coefficient (Wildman–Crippen LogP) is 1.77. The van der Waals surface area contributed by atoms with Crippen LogP contribution >= 0.6 is 0 Å². The molecule has 3 aromatic rings. The summed E-state index contributed by atoms with van der Waals surface area (Å²) in [5.74, 6) is -1.89. The highest BCUT2D eigenvalue weighted by molar-refractivity contribution is 5.84. The number of hydrogen-bond acceptors (Lipinski definition) is 8. The summed E-state index contributed by atoms with van der Waals surface area (Å²) < 4.78 is 5.80. The fourth-order valence-corrected chi connectivity index (χ4v) is 3.53. The number of carbonyl (C=O) groups is 2. The topological polar surface area (TPSA) is 157 Å². The highest BCUT2D eigenvalue weighted by atomic mass is 16.7. The van der Waals surface area contributed by atoms with Gasteiger partial charge in [-0.2, -0.15) is 0 Å². The van der Waals surface area contributed by atoms with Gasteiger partial charge in [0.1, 0.15) is 5.58 Å². The maximum Gasteiger partial charge on any atom is 0.336 e. The molecule has 0 spiro atoms. The molecule has 0 radical (unpaired) electrons. The summed E-state index contributed by atoms with van der Waals surface area (Å²) in [5.41, 5.74) is 8.23. The Morgan fingerprint density at radius 2 is 1.91 bits per heavy atom. The van der Waals surface area contributed by atoms with Gasteiger partial charge in [0.15, 0.2) is 0 Å². The molecule has 2 aromatic heterocycles. The molecule has 0 saturated heterocycles. The molecule has 0 fully saturated rings. The van der Waals surface area contributed by atoms with Gasteiger partial charge < -0.3 is 30.5 Å². The fourth-order valence-electron chi connectivity index (χ4n) is 3.53. The maximum absolute atomic E-state index is 12.2. The number of nitrogens with two attached hydrogens (primary N) is 1. The smallest absolute Gasteiger partial charge is 0.336 e. The number of aromatic hydroxyl groups is 2. The van der Waals surface area contributed by atoms with Crippen LogP contribution in [0.5, 0.6) is 11.8 Å². The monoisotopic (exact) mass is 443 g/mol. The zero-order chi connectivity index (χ0) is 23.4. The van der Waals surface area contributed by atoms with Crippen LogP contribution in [0.2, 0.25) is 0 Å². The zero-order valence-corrected chi connectivity index (χ0v) is 17.8. The second-order valence-corrected chi connectivity index (χ2v) is 7.60. The van der Waals surface area contributed by atoms with E-state index in [0.717, 1.165) is 16.5 Å². The Balaban J connectivity index is 1.65. The summed E-state index contributed by atoms with van der Waals surface area (Å²) in [5, 5.41) is 22.7. The molecule has 1 atom stereocenters. The van der Waals surface area contributed by atoms with Gasteiger partial charge in [0.05, 0.1) is 6.42 Å². The number of nitrogens with one attached hydrogen (secondary N) is 1. The van der Waals surface area contributed by atoms with Gasteiger partial charge >= 0.3 is 11.6 Å². The van der Waals surface area contributed by atoms with E-state index in [4.69, 9.17) is 15.0 Å². The molecule has 0 aliphatic rings. The van der Waals surface area contributed by atoms with Crippen molar-refractivity contribution in [3.63, 3.8) is 0 Å². The molecule has 3 rings (SSSR count). The molecule has 10 heteroatoms. The van der Waals surface area contributed by atoms with Crippen LogP contribution in [0.1, 0.15) is 37.3 Å². The molecule has 32 heavy (non-hydrogen) atoms. The molecular weight excluding hydrogens is 418 g/mol. The Hall–Kier alpha value is -3.95. The first-order chi connectivity index (χ1) is 15.1. The molecule has 1 amide bonds. The van der Waals surface area contributed by atoms with Crippen molar-refractivity contribution in [1.82, 2.24) is 10.0 Å².